The Morgan fingerprint density at radius 2 is 1.79 bits per heavy atom. The third kappa shape index (κ3) is 11.7. The molecule has 0 aliphatic carbocycles. The summed E-state index contributed by atoms with van der Waals surface area (Å²) in [6.07, 6.45) is 3.93. The third-order valence-corrected chi connectivity index (χ3v) is 8.32. The summed E-state index contributed by atoms with van der Waals surface area (Å²) in [6.45, 7) is 8.76. The number of allylic oxidation sites excluding steroid dienone is 1. The molecule has 2 amide bonds. The Morgan fingerprint density at radius 3 is 2.40 bits per heavy atom. The van der Waals surface area contributed by atoms with Crippen LogP contribution in [-0.4, -0.2) is 60.8 Å². The summed E-state index contributed by atoms with van der Waals surface area (Å²) in [7, 11) is 1.50. The molecule has 0 spiro atoms. The van der Waals surface area contributed by atoms with Crippen molar-refractivity contribution >= 4 is 35.4 Å². The molecule has 10 nitrogen and oxygen atoms in total. The standard InChI is InChI=1S/C36H47ClN2O8/c1-22(2)18-29(34(42)43)46-35(44)36(4,5)21-38-33(41)27(20-24-16-17-28(45-6)26(37)19-24)39-30(40)15-11-10-12-23(3)31-32(47-31)25-13-8-7-9-14-25/h7-9,11,13-17,19,22-23,27,29,31-32H,10,12,18,20-21H2,1-6H3,(H,38,41)(H,39,40)(H,42,43)/b15-11+/t23?,27-,29?,31?,32?/m1/s1. The first-order valence-corrected chi connectivity index (χ1v) is 16.3. The summed E-state index contributed by atoms with van der Waals surface area (Å²) >= 11 is 6.30. The number of methoxy groups -OCH3 is 1. The summed E-state index contributed by atoms with van der Waals surface area (Å²) < 4.78 is 16.4. The van der Waals surface area contributed by atoms with E-state index in [1.807, 2.05) is 32.0 Å². The number of amides is 2. The van der Waals surface area contributed by atoms with Crippen LogP contribution in [0.4, 0.5) is 0 Å². The summed E-state index contributed by atoms with van der Waals surface area (Å²) in [5.74, 6) is -2.18. The Kier molecular flexibility index (Phi) is 13.8. The number of halogens is 1. The minimum atomic E-state index is -1.29. The molecular formula is C36H47ClN2O8. The highest BCUT2D eigenvalue weighted by Gasteiger charge is 2.43. The molecule has 1 aliphatic rings. The van der Waals surface area contributed by atoms with Crippen molar-refractivity contribution in [3.8, 4) is 5.75 Å². The number of aliphatic carboxylic acids is 1. The number of rotatable bonds is 18. The Morgan fingerprint density at radius 1 is 1.09 bits per heavy atom. The van der Waals surface area contributed by atoms with Crippen LogP contribution in [0, 0.1) is 17.3 Å². The molecule has 3 rings (SSSR count). The molecule has 3 N–H and O–H groups in total. The molecule has 0 radical (unpaired) electrons. The van der Waals surface area contributed by atoms with Gasteiger partial charge in [-0.15, -0.1) is 0 Å². The van der Waals surface area contributed by atoms with E-state index in [0.29, 0.717) is 28.7 Å². The van der Waals surface area contributed by atoms with Crippen molar-refractivity contribution in [2.24, 2.45) is 17.3 Å². The first-order valence-electron chi connectivity index (χ1n) is 15.9. The molecule has 5 atom stereocenters. The number of epoxide rings is 1. The highest BCUT2D eigenvalue weighted by atomic mass is 35.5. The number of ether oxygens (including phenoxy) is 3. The molecule has 47 heavy (non-hydrogen) atoms. The number of hydrogen-bond donors (Lipinski definition) is 3. The Hall–Kier alpha value is -3.89. The van der Waals surface area contributed by atoms with Crippen molar-refractivity contribution in [2.45, 2.75) is 84.7 Å². The van der Waals surface area contributed by atoms with Crippen LogP contribution in [0.1, 0.15) is 71.1 Å². The van der Waals surface area contributed by atoms with Gasteiger partial charge in [0.2, 0.25) is 11.8 Å². The van der Waals surface area contributed by atoms with Crippen LogP contribution in [0.3, 0.4) is 0 Å². The highest BCUT2D eigenvalue weighted by molar-refractivity contribution is 6.32. The van der Waals surface area contributed by atoms with E-state index in [2.05, 4.69) is 29.7 Å². The van der Waals surface area contributed by atoms with E-state index in [1.165, 1.54) is 13.2 Å². The van der Waals surface area contributed by atoms with Crippen molar-refractivity contribution < 1.29 is 38.5 Å². The van der Waals surface area contributed by atoms with Gasteiger partial charge in [-0.1, -0.05) is 74.8 Å². The average molecular weight is 671 g/mol. The Labute approximate surface area is 282 Å². The zero-order valence-corrected chi connectivity index (χ0v) is 28.7. The molecule has 0 saturated carbocycles. The molecule has 0 aromatic heterocycles. The van der Waals surface area contributed by atoms with Gasteiger partial charge in [0.05, 0.1) is 23.7 Å². The van der Waals surface area contributed by atoms with Gasteiger partial charge in [0.1, 0.15) is 17.9 Å². The number of carbonyl (C=O) groups is 4. The number of nitrogens with one attached hydrogen (secondary N) is 2. The molecule has 4 unspecified atom stereocenters. The fourth-order valence-corrected chi connectivity index (χ4v) is 5.38. The maximum atomic E-state index is 13.4. The van der Waals surface area contributed by atoms with Gasteiger partial charge in [-0.2, -0.15) is 0 Å². The molecule has 2 aromatic carbocycles. The zero-order valence-electron chi connectivity index (χ0n) is 28.0. The Balaban J connectivity index is 1.60. The lowest BCUT2D eigenvalue weighted by molar-refractivity contribution is -0.171. The topological polar surface area (TPSA) is 144 Å². The van der Waals surface area contributed by atoms with Gasteiger partial charge in [0.25, 0.3) is 0 Å². The fraction of sp³-hybridized carbons (Fsp3) is 0.500. The number of carbonyl (C=O) groups excluding carboxylic acids is 3. The van der Waals surface area contributed by atoms with E-state index in [4.69, 9.17) is 25.8 Å². The zero-order chi connectivity index (χ0) is 34.7. The van der Waals surface area contributed by atoms with Gasteiger partial charge in [0.15, 0.2) is 6.10 Å². The van der Waals surface area contributed by atoms with Crippen LogP contribution in [0.5, 0.6) is 5.75 Å². The molecule has 256 valence electrons. The number of carboxylic acids is 1. The van der Waals surface area contributed by atoms with Gasteiger partial charge < -0.3 is 30.0 Å². The number of benzene rings is 2. The minimum Gasteiger partial charge on any atom is -0.495 e. The second kappa shape index (κ2) is 17.3. The van der Waals surface area contributed by atoms with Gasteiger partial charge in [-0.25, -0.2) is 4.79 Å². The number of esters is 1. The second-order valence-corrected chi connectivity index (χ2v) is 13.5. The van der Waals surface area contributed by atoms with Crippen molar-refractivity contribution in [1.29, 1.82) is 0 Å². The monoisotopic (exact) mass is 670 g/mol. The predicted octanol–water partition coefficient (Wildman–Crippen LogP) is 5.67. The van der Waals surface area contributed by atoms with Gasteiger partial charge in [-0.05, 0) is 74.3 Å². The fourth-order valence-electron chi connectivity index (χ4n) is 5.10. The lowest BCUT2D eigenvalue weighted by Gasteiger charge is -2.27. The number of carboxylic acid groups (broad SMARTS) is 1. The van der Waals surface area contributed by atoms with Gasteiger partial charge >= 0.3 is 11.9 Å². The molecule has 1 aliphatic heterocycles. The lowest BCUT2D eigenvalue weighted by atomic mass is 9.93. The van der Waals surface area contributed by atoms with Crippen molar-refractivity contribution in [2.75, 3.05) is 13.7 Å². The summed E-state index contributed by atoms with van der Waals surface area (Å²) in [6, 6.07) is 14.2. The maximum absolute atomic E-state index is 13.4. The van der Waals surface area contributed by atoms with Gasteiger partial charge in [-0.3, -0.25) is 14.4 Å². The van der Waals surface area contributed by atoms with Crippen molar-refractivity contribution in [3.05, 3.63) is 76.8 Å². The smallest absolute Gasteiger partial charge is 0.345 e. The van der Waals surface area contributed by atoms with Crippen molar-refractivity contribution in [1.82, 2.24) is 10.6 Å². The lowest BCUT2D eigenvalue weighted by Crippen LogP contribution is -2.51. The summed E-state index contributed by atoms with van der Waals surface area (Å²) in [5, 5.41) is 15.3. The molecule has 1 fully saturated rings. The first kappa shape index (κ1) is 37.6. The molecule has 1 saturated heterocycles. The summed E-state index contributed by atoms with van der Waals surface area (Å²) in [5.41, 5.74) is 0.611. The van der Waals surface area contributed by atoms with Crippen LogP contribution in [0.2, 0.25) is 5.02 Å². The highest BCUT2D eigenvalue weighted by Crippen LogP contribution is 2.44. The van der Waals surface area contributed by atoms with Crippen molar-refractivity contribution in [3.63, 3.8) is 0 Å². The van der Waals surface area contributed by atoms with Crippen LogP contribution in [-0.2, 0) is 35.1 Å². The molecular weight excluding hydrogens is 624 g/mol. The largest absolute Gasteiger partial charge is 0.495 e. The van der Waals surface area contributed by atoms with E-state index in [9.17, 15) is 24.3 Å². The molecule has 1 heterocycles. The van der Waals surface area contributed by atoms with E-state index < -0.39 is 41.3 Å². The quantitative estimate of drug-likeness (QED) is 0.105. The second-order valence-electron chi connectivity index (χ2n) is 13.1. The number of hydrogen-bond acceptors (Lipinski definition) is 7. The van der Waals surface area contributed by atoms with Crippen LogP contribution >= 0.6 is 11.6 Å². The minimum absolute atomic E-state index is 0.000737. The third-order valence-electron chi connectivity index (χ3n) is 8.03. The van der Waals surface area contributed by atoms with Crippen LogP contribution in [0.25, 0.3) is 0 Å². The van der Waals surface area contributed by atoms with Crippen LogP contribution < -0.4 is 15.4 Å². The first-order chi connectivity index (χ1) is 22.2. The normalized spacial score (nSPS) is 17.9. The van der Waals surface area contributed by atoms with E-state index >= 15 is 0 Å². The van der Waals surface area contributed by atoms with E-state index in [1.54, 1.807) is 38.1 Å². The van der Waals surface area contributed by atoms with Crippen LogP contribution in [0.15, 0.2) is 60.7 Å². The predicted molar refractivity (Wildman–Crippen MR) is 179 cm³/mol. The van der Waals surface area contributed by atoms with E-state index in [-0.39, 0.29) is 37.5 Å². The molecule has 2 aromatic rings. The summed E-state index contributed by atoms with van der Waals surface area (Å²) in [4.78, 5) is 50.9. The molecule has 0 bridgehead atoms. The maximum Gasteiger partial charge on any atom is 0.345 e. The van der Waals surface area contributed by atoms with E-state index in [0.717, 1.165) is 12.0 Å². The SMILES string of the molecule is COc1ccc(C[C@@H](NC(=O)/C=C/CCC(C)C2OC2c2ccccc2)C(=O)NCC(C)(C)C(=O)OC(CC(C)C)C(=O)O)cc1Cl. The molecule has 11 heteroatoms. The Bertz CT molecular complexity index is 1410. The average Bonchev–Trinajstić information content (AvgIpc) is 3.83. The van der Waals surface area contributed by atoms with Gasteiger partial charge in [0, 0.05) is 13.0 Å².